The van der Waals surface area contributed by atoms with Crippen molar-refractivity contribution in [3.8, 4) is 17.6 Å². The largest absolute Gasteiger partial charge is 0.493 e. The summed E-state index contributed by atoms with van der Waals surface area (Å²) in [4.78, 5) is 12.3. The first-order chi connectivity index (χ1) is 12.1. The number of anilines is 1. The molecular formula is C20H20N2O3. The number of rotatable bonds is 6. The Labute approximate surface area is 147 Å². The van der Waals surface area contributed by atoms with E-state index in [0.717, 1.165) is 5.56 Å². The van der Waals surface area contributed by atoms with Crippen molar-refractivity contribution in [2.75, 3.05) is 19.0 Å². The van der Waals surface area contributed by atoms with E-state index in [9.17, 15) is 10.1 Å². The van der Waals surface area contributed by atoms with Gasteiger partial charge in [-0.3, -0.25) is 4.79 Å². The van der Waals surface area contributed by atoms with E-state index in [2.05, 4.69) is 5.32 Å². The quantitative estimate of drug-likeness (QED) is 0.640. The number of hydrogen-bond acceptors (Lipinski definition) is 4. The van der Waals surface area contributed by atoms with Crippen LogP contribution in [-0.4, -0.2) is 19.6 Å². The summed E-state index contributed by atoms with van der Waals surface area (Å²) in [6, 6.07) is 14.6. The van der Waals surface area contributed by atoms with Crippen molar-refractivity contribution in [2.45, 2.75) is 13.8 Å². The number of ether oxygens (including phenoxy) is 2. The average Bonchev–Trinajstić information content (AvgIpc) is 2.60. The first kappa shape index (κ1) is 18.1. The molecule has 2 rings (SSSR count). The molecule has 2 aromatic rings. The van der Waals surface area contributed by atoms with Crippen molar-refractivity contribution in [1.29, 1.82) is 5.26 Å². The van der Waals surface area contributed by atoms with Gasteiger partial charge >= 0.3 is 0 Å². The van der Waals surface area contributed by atoms with Gasteiger partial charge in [0.2, 0.25) is 0 Å². The van der Waals surface area contributed by atoms with Crippen molar-refractivity contribution < 1.29 is 14.3 Å². The van der Waals surface area contributed by atoms with Gasteiger partial charge in [-0.2, -0.15) is 5.26 Å². The molecular weight excluding hydrogens is 316 g/mol. The van der Waals surface area contributed by atoms with Crippen molar-refractivity contribution in [1.82, 2.24) is 0 Å². The number of aryl methyl sites for hydroxylation is 1. The molecule has 1 N–H and O–H groups in total. The minimum absolute atomic E-state index is 0.00715. The summed E-state index contributed by atoms with van der Waals surface area (Å²) < 4.78 is 10.7. The molecule has 0 aliphatic carbocycles. The average molecular weight is 336 g/mol. The van der Waals surface area contributed by atoms with Gasteiger partial charge in [0.25, 0.3) is 5.91 Å². The lowest BCUT2D eigenvalue weighted by Crippen LogP contribution is -2.13. The molecule has 5 nitrogen and oxygen atoms in total. The third kappa shape index (κ3) is 4.85. The fourth-order valence-electron chi connectivity index (χ4n) is 2.29. The molecule has 0 unspecified atom stereocenters. The van der Waals surface area contributed by atoms with Crippen LogP contribution in [0.4, 0.5) is 5.69 Å². The zero-order chi connectivity index (χ0) is 18.2. The lowest BCUT2D eigenvalue weighted by molar-refractivity contribution is -0.112. The first-order valence-corrected chi connectivity index (χ1v) is 7.88. The highest BCUT2D eigenvalue weighted by atomic mass is 16.5. The Hall–Kier alpha value is -3.26. The van der Waals surface area contributed by atoms with Crippen molar-refractivity contribution in [2.24, 2.45) is 0 Å². The third-order valence-corrected chi connectivity index (χ3v) is 3.44. The van der Waals surface area contributed by atoms with Gasteiger partial charge < -0.3 is 14.8 Å². The van der Waals surface area contributed by atoms with Crippen molar-refractivity contribution >= 4 is 17.7 Å². The number of hydrogen-bond donors (Lipinski definition) is 1. The summed E-state index contributed by atoms with van der Waals surface area (Å²) in [5, 5.41) is 12.0. The van der Waals surface area contributed by atoms with Crippen LogP contribution in [0.1, 0.15) is 18.1 Å². The molecule has 0 heterocycles. The minimum atomic E-state index is -0.457. The van der Waals surface area contributed by atoms with Crippen molar-refractivity contribution in [3.05, 3.63) is 59.2 Å². The molecule has 0 radical (unpaired) electrons. The molecule has 0 aliphatic rings. The molecule has 5 heteroatoms. The molecule has 0 aromatic heterocycles. The SMILES string of the molecule is CCOc1ccc(/C=C(\C#N)C(=O)Nc2cccc(C)c2)cc1OC. The second-order valence-corrected chi connectivity index (χ2v) is 5.34. The molecule has 2 aromatic carbocycles. The number of carbonyl (C=O) groups is 1. The van der Waals surface area contributed by atoms with Crippen LogP contribution in [0, 0.1) is 18.3 Å². The molecule has 1 amide bonds. The summed E-state index contributed by atoms with van der Waals surface area (Å²) in [5.41, 5.74) is 2.36. The maximum Gasteiger partial charge on any atom is 0.266 e. The van der Waals surface area contributed by atoms with Gasteiger partial charge in [-0.1, -0.05) is 18.2 Å². The van der Waals surface area contributed by atoms with E-state index in [-0.39, 0.29) is 5.57 Å². The molecule has 0 aliphatic heterocycles. The van der Waals surface area contributed by atoms with Gasteiger partial charge in [0.05, 0.1) is 13.7 Å². The smallest absolute Gasteiger partial charge is 0.266 e. The highest BCUT2D eigenvalue weighted by Gasteiger charge is 2.11. The number of benzene rings is 2. The number of nitrogens with zero attached hydrogens (tertiary/aromatic N) is 1. The van der Waals surface area contributed by atoms with Gasteiger partial charge in [-0.15, -0.1) is 0 Å². The van der Waals surface area contributed by atoms with Crippen LogP contribution < -0.4 is 14.8 Å². The van der Waals surface area contributed by atoms with E-state index >= 15 is 0 Å². The fourth-order valence-corrected chi connectivity index (χ4v) is 2.29. The molecule has 0 fully saturated rings. The van der Waals surface area contributed by atoms with Crippen LogP contribution in [0.25, 0.3) is 6.08 Å². The molecule has 0 saturated heterocycles. The van der Waals surface area contributed by atoms with Gasteiger partial charge in [-0.05, 0) is 55.3 Å². The number of amides is 1. The van der Waals surface area contributed by atoms with Crippen LogP contribution in [-0.2, 0) is 4.79 Å². The third-order valence-electron chi connectivity index (χ3n) is 3.44. The van der Waals surface area contributed by atoms with Gasteiger partial charge in [0, 0.05) is 5.69 Å². The van der Waals surface area contributed by atoms with E-state index in [1.165, 1.54) is 6.08 Å². The van der Waals surface area contributed by atoms with Gasteiger partial charge in [-0.25, -0.2) is 0 Å². The predicted octanol–water partition coefficient (Wildman–Crippen LogP) is 3.95. The standard InChI is InChI=1S/C20H20N2O3/c1-4-25-18-9-8-15(12-19(18)24-3)11-16(13-21)20(23)22-17-7-5-6-14(2)10-17/h5-12H,4H2,1-3H3,(H,22,23)/b16-11+. The first-order valence-electron chi connectivity index (χ1n) is 7.88. The maximum absolute atomic E-state index is 12.3. The molecule has 0 atom stereocenters. The zero-order valence-electron chi connectivity index (χ0n) is 14.5. The Morgan fingerprint density at radius 1 is 1.24 bits per heavy atom. The molecule has 0 saturated carbocycles. The lowest BCUT2D eigenvalue weighted by Gasteiger charge is -2.10. The van der Waals surface area contributed by atoms with E-state index in [4.69, 9.17) is 9.47 Å². The summed E-state index contributed by atoms with van der Waals surface area (Å²) in [6.07, 6.45) is 1.52. The highest BCUT2D eigenvalue weighted by molar-refractivity contribution is 6.09. The van der Waals surface area contributed by atoms with Crippen LogP contribution >= 0.6 is 0 Å². The van der Waals surface area contributed by atoms with E-state index in [1.54, 1.807) is 31.4 Å². The van der Waals surface area contributed by atoms with E-state index in [1.807, 2.05) is 38.1 Å². The summed E-state index contributed by atoms with van der Waals surface area (Å²) in [7, 11) is 1.54. The molecule has 0 bridgehead atoms. The number of nitriles is 1. The molecule has 128 valence electrons. The van der Waals surface area contributed by atoms with Crippen molar-refractivity contribution in [3.63, 3.8) is 0 Å². The topological polar surface area (TPSA) is 71.3 Å². The lowest BCUT2D eigenvalue weighted by atomic mass is 10.1. The van der Waals surface area contributed by atoms with Crippen LogP contribution in [0.5, 0.6) is 11.5 Å². The second kappa shape index (κ2) is 8.55. The monoisotopic (exact) mass is 336 g/mol. The van der Waals surface area contributed by atoms with Gasteiger partial charge in [0.1, 0.15) is 11.6 Å². The van der Waals surface area contributed by atoms with Crippen LogP contribution in [0.2, 0.25) is 0 Å². The Balaban J connectivity index is 2.24. The zero-order valence-corrected chi connectivity index (χ0v) is 14.5. The van der Waals surface area contributed by atoms with E-state index < -0.39 is 5.91 Å². The highest BCUT2D eigenvalue weighted by Crippen LogP contribution is 2.29. The predicted molar refractivity (Wildman–Crippen MR) is 97.6 cm³/mol. The number of methoxy groups -OCH3 is 1. The van der Waals surface area contributed by atoms with Crippen LogP contribution in [0.3, 0.4) is 0 Å². The van der Waals surface area contributed by atoms with E-state index in [0.29, 0.717) is 29.4 Å². The maximum atomic E-state index is 12.3. The summed E-state index contributed by atoms with van der Waals surface area (Å²) >= 11 is 0. The second-order valence-electron chi connectivity index (χ2n) is 5.34. The fraction of sp³-hybridized carbons (Fsp3) is 0.200. The Morgan fingerprint density at radius 2 is 2.04 bits per heavy atom. The normalized spacial score (nSPS) is 10.7. The Kier molecular flexibility index (Phi) is 6.19. The Bertz CT molecular complexity index is 835. The number of nitrogens with one attached hydrogen (secondary N) is 1. The summed E-state index contributed by atoms with van der Waals surface area (Å²) in [5.74, 6) is 0.706. The Morgan fingerprint density at radius 3 is 2.68 bits per heavy atom. The minimum Gasteiger partial charge on any atom is -0.493 e. The summed E-state index contributed by atoms with van der Waals surface area (Å²) in [6.45, 7) is 4.34. The number of carbonyl (C=O) groups excluding carboxylic acids is 1. The molecule has 25 heavy (non-hydrogen) atoms. The van der Waals surface area contributed by atoms with Gasteiger partial charge in [0.15, 0.2) is 11.5 Å². The van der Waals surface area contributed by atoms with Crippen LogP contribution in [0.15, 0.2) is 48.0 Å². The molecule has 0 spiro atoms.